The van der Waals surface area contributed by atoms with Crippen LogP contribution < -0.4 is 0 Å². The smallest absolute Gasteiger partial charge is 0.0928 e. The molecule has 2 unspecified atom stereocenters. The van der Waals surface area contributed by atoms with Gasteiger partial charge >= 0.3 is 0 Å². The van der Waals surface area contributed by atoms with Crippen molar-refractivity contribution in [3.63, 3.8) is 0 Å². The zero-order valence-electron chi connectivity index (χ0n) is 13.1. The molecule has 2 aliphatic carbocycles. The number of hydrogen-bond donors (Lipinski definition) is 2. The molecule has 1 saturated carbocycles. The molecule has 20 heavy (non-hydrogen) atoms. The molecule has 1 fully saturated rings. The van der Waals surface area contributed by atoms with Gasteiger partial charge in [0.2, 0.25) is 0 Å². The molecule has 114 valence electrons. The summed E-state index contributed by atoms with van der Waals surface area (Å²) in [6.45, 7) is 3.03. The molecule has 0 saturated heterocycles. The molecule has 2 atom stereocenters. The first kappa shape index (κ1) is 15.6. The Morgan fingerprint density at radius 3 is 2.45 bits per heavy atom. The lowest BCUT2D eigenvalue weighted by Crippen LogP contribution is -2.46. The number of rotatable bonds is 4. The van der Waals surface area contributed by atoms with Crippen LogP contribution in [0.3, 0.4) is 0 Å². The van der Waals surface area contributed by atoms with Crippen LogP contribution in [0, 0.1) is 11.8 Å². The van der Waals surface area contributed by atoms with E-state index < -0.39 is 5.60 Å². The predicted octanol–water partition coefficient (Wildman–Crippen LogP) is 3.27. The van der Waals surface area contributed by atoms with E-state index in [0.29, 0.717) is 18.1 Å². The Hall–Kier alpha value is -0.800. The molecule has 3 heteroatoms. The average molecular weight is 279 g/mol. The van der Waals surface area contributed by atoms with Crippen LogP contribution in [0.2, 0.25) is 0 Å². The summed E-state index contributed by atoms with van der Waals surface area (Å²) in [7, 11) is 4.14. The minimum Gasteiger partial charge on any atom is -0.512 e. The molecule has 3 nitrogen and oxygen atoms in total. The number of nitrogens with zero attached hydrogens (tertiary/aromatic N) is 1. The van der Waals surface area contributed by atoms with Gasteiger partial charge in [-0.25, -0.2) is 0 Å². The van der Waals surface area contributed by atoms with Crippen LogP contribution in [0.4, 0.5) is 0 Å². The van der Waals surface area contributed by atoms with Crippen LogP contribution in [0.15, 0.2) is 23.5 Å². The Balaban J connectivity index is 2.27. The molecule has 0 bridgehead atoms. The highest BCUT2D eigenvalue weighted by Crippen LogP contribution is 2.42. The Kier molecular flexibility index (Phi) is 4.92. The molecule has 0 aromatic heterocycles. The van der Waals surface area contributed by atoms with Gasteiger partial charge in [0.05, 0.1) is 11.4 Å². The van der Waals surface area contributed by atoms with Gasteiger partial charge in [0.1, 0.15) is 0 Å². The van der Waals surface area contributed by atoms with Crippen LogP contribution in [-0.2, 0) is 0 Å². The molecule has 2 N–H and O–H groups in total. The summed E-state index contributed by atoms with van der Waals surface area (Å²) in [5, 5.41) is 20.8. The summed E-state index contributed by atoms with van der Waals surface area (Å²) < 4.78 is 0. The van der Waals surface area contributed by atoms with E-state index in [0.717, 1.165) is 32.2 Å². The summed E-state index contributed by atoms with van der Waals surface area (Å²) in [5.74, 6) is 0.952. The quantitative estimate of drug-likeness (QED) is 0.830. The first-order valence-electron chi connectivity index (χ1n) is 7.89. The molecule has 0 heterocycles. The van der Waals surface area contributed by atoms with Gasteiger partial charge in [0.15, 0.2) is 0 Å². The molecule has 0 radical (unpaired) electrons. The zero-order chi connectivity index (χ0) is 14.8. The van der Waals surface area contributed by atoms with Crippen molar-refractivity contribution in [1.29, 1.82) is 0 Å². The normalized spacial score (nSPS) is 27.9. The molecule has 0 spiro atoms. The fraction of sp³-hybridized carbons (Fsp3) is 0.765. The van der Waals surface area contributed by atoms with E-state index >= 15 is 0 Å². The van der Waals surface area contributed by atoms with Gasteiger partial charge in [-0.15, -0.1) is 0 Å². The Labute approximate surface area is 123 Å². The van der Waals surface area contributed by atoms with Crippen molar-refractivity contribution in [2.45, 2.75) is 51.0 Å². The van der Waals surface area contributed by atoms with Crippen molar-refractivity contribution in [3.05, 3.63) is 23.5 Å². The maximum absolute atomic E-state index is 11.2. The molecule has 0 aromatic carbocycles. The third-order valence-corrected chi connectivity index (χ3v) is 4.87. The Bertz CT molecular complexity index is 392. The first-order chi connectivity index (χ1) is 9.42. The SMILES string of the molecule is CC1CC(O)=CC=C1C(CN(C)C)C1(O)CCCCC1. The Morgan fingerprint density at radius 1 is 1.25 bits per heavy atom. The van der Waals surface area contributed by atoms with Crippen molar-refractivity contribution in [2.24, 2.45) is 11.8 Å². The monoisotopic (exact) mass is 279 g/mol. The van der Waals surface area contributed by atoms with E-state index in [1.54, 1.807) is 0 Å². The second kappa shape index (κ2) is 6.31. The molecule has 0 aromatic rings. The summed E-state index contributed by atoms with van der Waals surface area (Å²) in [6, 6.07) is 0. The average Bonchev–Trinajstić information content (AvgIpc) is 2.37. The van der Waals surface area contributed by atoms with Crippen LogP contribution in [0.1, 0.15) is 45.4 Å². The zero-order valence-corrected chi connectivity index (χ0v) is 13.1. The van der Waals surface area contributed by atoms with Crippen LogP contribution in [-0.4, -0.2) is 41.4 Å². The second-order valence-electron chi connectivity index (χ2n) is 6.91. The molecular formula is C17H29NO2. The van der Waals surface area contributed by atoms with Gasteiger partial charge < -0.3 is 15.1 Å². The van der Waals surface area contributed by atoms with Gasteiger partial charge in [0.25, 0.3) is 0 Å². The van der Waals surface area contributed by atoms with Gasteiger partial charge in [-0.05, 0) is 38.9 Å². The van der Waals surface area contributed by atoms with Crippen molar-refractivity contribution >= 4 is 0 Å². The highest BCUT2D eigenvalue weighted by atomic mass is 16.3. The van der Waals surface area contributed by atoms with Gasteiger partial charge in [-0.3, -0.25) is 0 Å². The standard InChI is InChI=1S/C17H29NO2/c1-13-11-14(19)7-8-15(13)16(12-18(2)3)17(20)9-5-4-6-10-17/h7-8,13,16,19-20H,4-6,9-12H2,1-3H3. The molecule has 2 aliphatic rings. The van der Waals surface area contributed by atoms with Crippen LogP contribution >= 0.6 is 0 Å². The topological polar surface area (TPSA) is 43.7 Å². The van der Waals surface area contributed by atoms with Crippen LogP contribution in [0.5, 0.6) is 0 Å². The van der Waals surface area contributed by atoms with E-state index in [2.05, 4.69) is 25.9 Å². The van der Waals surface area contributed by atoms with Crippen molar-refractivity contribution in [1.82, 2.24) is 4.90 Å². The number of allylic oxidation sites excluding steroid dienone is 3. The Morgan fingerprint density at radius 2 is 1.90 bits per heavy atom. The number of hydrogen-bond acceptors (Lipinski definition) is 3. The van der Waals surface area contributed by atoms with E-state index in [4.69, 9.17) is 0 Å². The van der Waals surface area contributed by atoms with Gasteiger partial charge in [-0.1, -0.05) is 37.8 Å². The lowest BCUT2D eigenvalue weighted by Gasteiger charge is -2.43. The minimum atomic E-state index is -0.566. The second-order valence-corrected chi connectivity index (χ2v) is 6.91. The lowest BCUT2D eigenvalue weighted by molar-refractivity contribution is -0.0461. The highest BCUT2D eigenvalue weighted by Gasteiger charge is 2.41. The number of aliphatic hydroxyl groups is 2. The third kappa shape index (κ3) is 3.44. The maximum atomic E-state index is 11.2. The van der Waals surface area contributed by atoms with Crippen molar-refractivity contribution in [2.75, 3.05) is 20.6 Å². The highest BCUT2D eigenvalue weighted by molar-refractivity contribution is 5.27. The summed E-state index contributed by atoms with van der Waals surface area (Å²) in [6.07, 6.45) is 9.87. The van der Waals surface area contributed by atoms with E-state index in [1.165, 1.54) is 12.0 Å². The minimum absolute atomic E-state index is 0.178. The molecule has 0 aliphatic heterocycles. The lowest BCUT2D eigenvalue weighted by atomic mass is 9.68. The fourth-order valence-electron chi connectivity index (χ4n) is 3.78. The fourth-order valence-corrected chi connectivity index (χ4v) is 3.78. The van der Waals surface area contributed by atoms with Crippen molar-refractivity contribution < 1.29 is 10.2 Å². The summed E-state index contributed by atoms with van der Waals surface area (Å²) in [5.41, 5.74) is 0.740. The van der Waals surface area contributed by atoms with Crippen molar-refractivity contribution in [3.8, 4) is 0 Å². The van der Waals surface area contributed by atoms with Gasteiger partial charge in [-0.2, -0.15) is 0 Å². The van der Waals surface area contributed by atoms with Gasteiger partial charge in [0, 0.05) is 18.9 Å². The maximum Gasteiger partial charge on any atom is 0.0928 e. The number of aliphatic hydroxyl groups excluding tert-OH is 1. The molecule has 2 rings (SSSR count). The summed E-state index contributed by atoms with van der Waals surface area (Å²) >= 11 is 0. The van der Waals surface area contributed by atoms with E-state index in [9.17, 15) is 10.2 Å². The summed E-state index contributed by atoms with van der Waals surface area (Å²) in [4.78, 5) is 2.17. The van der Waals surface area contributed by atoms with Crippen LogP contribution in [0.25, 0.3) is 0 Å². The molecule has 0 amide bonds. The third-order valence-electron chi connectivity index (χ3n) is 4.87. The molecular weight excluding hydrogens is 250 g/mol. The first-order valence-corrected chi connectivity index (χ1v) is 7.89. The van der Waals surface area contributed by atoms with E-state index in [1.807, 2.05) is 12.2 Å². The van der Waals surface area contributed by atoms with E-state index in [-0.39, 0.29) is 5.92 Å². The predicted molar refractivity (Wildman–Crippen MR) is 82.7 cm³/mol. The largest absolute Gasteiger partial charge is 0.512 e.